The second-order valence-electron chi connectivity index (χ2n) is 5.74. The molecule has 1 unspecified atom stereocenters. The number of ether oxygens (including phenoxy) is 1. The average Bonchev–Trinajstić information content (AvgIpc) is 3.13. The topological polar surface area (TPSA) is 72.6 Å². The molecule has 2 N–H and O–H groups in total. The maximum Gasteiger partial charge on any atom is 0.337 e. The molecular formula is C18H20N2O3S. The Labute approximate surface area is 145 Å². The van der Waals surface area contributed by atoms with E-state index in [0.717, 1.165) is 16.3 Å². The van der Waals surface area contributed by atoms with E-state index in [0.29, 0.717) is 30.1 Å². The first-order chi connectivity index (χ1) is 11.5. The van der Waals surface area contributed by atoms with Gasteiger partial charge in [-0.2, -0.15) is 0 Å². The van der Waals surface area contributed by atoms with E-state index in [4.69, 9.17) is 10.5 Å². The van der Waals surface area contributed by atoms with Crippen molar-refractivity contribution in [2.24, 2.45) is 5.73 Å². The molecule has 6 heteroatoms. The Bertz CT molecular complexity index is 740. The summed E-state index contributed by atoms with van der Waals surface area (Å²) in [7, 11) is 0. The molecule has 0 saturated carbocycles. The molecule has 126 valence electrons. The number of fused-ring (bicyclic) bond motifs is 1. The summed E-state index contributed by atoms with van der Waals surface area (Å²) in [6.07, 6.45) is 0. The Kier molecular flexibility index (Phi) is 4.66. The molecule has 0 bridgehead atoms. The summed E-state index contributed by atoms with van der Waals surface area (Å²) < 4.78 is 5.28. The largest absolute Gasteiger partial charge is 0.463 e. The van der Waals surface area contributed by atoms with E-state index in [1.54, 1.807) is 25.6 Å². The second-order valence-corrected chi connectivity index (χ2v) is 6.70. The SMILES string of the molecule is CCOC(=O)C1=C2SCC(=C(C)C(N)=O)N2CC1c1ccccc1. The van der Waals surface area contributed by atoms with Crippen LogP contribution in [0.2, 0.25) is 0 Å². The number of hydrogen-bond acceptors (Lipinski definition) is 5. The van der Waals surface area contributed by atoms with Crippen LogP contribution in [0.4, 0.5) is 0 Å². The minimum atomic E-state index is -0.423. The Morgan fingerprint density at radius 3 is 2.67 bits per heavy atom. The highest BCUT2D eigenvalue weighted by Gasteiger charge is 2.42. The first-order valence-corrected chi connectivity index (χ1v) is 8.89. The molecule has 1 aromatic rings. The summed E-state index contributed by atoms with van der Waals surface area (Å²) in [5.41, 5.74) is 8.64. The first kappa shape index (κ1) is 16.6. The van der Waals surface area contributed by atoms with Crippen LogP contribution in [-0.4, -0.2) is 35.7 Å². The van der Waals surface area contributed by atoms with E-state index in [1.165, 1.54) is 0 Å². The number of carbonyl (C=O) groups is 2. The average molecular weight is 344 g/mol. The fraction of sp³-hybridized carbons (Fsp3) is 0.333. The highest BCUT2D eigenvalue weighted by Crippen LogP contribution is 2.48. The van der Waals surface area contributed by atoms with Crippen LogP contribution in [-0.2, 0) is 14.3 Å². The molecule has 1 atom stereocenters. The van der Waals surface area contributed by atoms with Crippen LogP contribution in [0.25, 0.3) is 0 Å². The van der Waals surface area contributed by atoms with Crippen molar-refractivity contribution in [3.8, 4) is 0 Å². The number of amides is 1. The molecule has 2 heterocycles. The highest BCUT2D eigenvalue weighted by atomic mass is 32.2. The van der Waals surface area contributed by atoms with Crippen molar-refractivity contribution < 1.29 is 14.3 Å². The molecule has 1 aromatic carbocycles. The van der Waals surface area contributed by atoms with Crippen molar-refractivity contribution in [1.29, 1.82) is 0 Å². The summed E-state index contributed by atoms with van der Waals surface area (Å²) in [6.45, 7) is 4.50. The molecule has 0 spiro atoms. The van der Waals surface area contributed by atoms with Gasteiger partial charge < -0.3 is 15.4 Å². The van der Waals surface area contributed by atoms with E-state index in [9.17, 15) is 9.59 Å². The van der Waals surface area contributed by atoms with Gasteiger partial charge in [-0.05, 0) is 19.4 Å². The minimum Gasteiger partial charge on any atom is -0.463 e. The van der Waals surface area contributed by atoms with Crippen molar-refractivity contribution in [2.75, 3.05) is 18.9 Å². The number of nitrogens with two attached hydrogens (primary N) is 1. The smallest absolute Gasteiger partial charge is 0.337 e. The van der Waals surface area contributed by atoms with Crippen molar-refractivity contribution >= 4 is 23.6 Å². The lowest BCUT2D eigenvalue weighted by Crippen LogP contribution is -2.23. The third kappa shape index (κ3) is 2.82. The van der Waals surface area contributed by atoms with E-state index < -0.39 is 5.91 Å². The van der Waals surface area contributed by atoms with Crippen LogP contribution in [0.15, 0.2) is 52.2 Å². The number of primary amides is 1. The van der Waals surface area contributed by atoms with Gasteiger partial charge in [-0.15, -0.1) is 11.8 Å². The van der Waals surface area contributed by atoms with Gasteiger partial charge in [0.2, 0.25) is 5.91 Å². The lowest BCUT2D eigenvalue weighted by Gasteiger charge is -2.19. The monoisotopic (exact) mass is 344 g/mol. The maximum absolute atomic E-state index is 12.6. The third-order valence-electron chi connectivity index (χ3n) is 4.36. The van der Waals surface area contributed by atoms with Gasteiger partial charge in [0.05, 0.1) is 17.2 Å². The summed E-state index contributed by atoms with van der Waals surface area (Å²) in [5, 5.41) is 0.887. The molecule has 0 aliphatic carbocycles. The lowest BCUT2D eigenvalue weighted by molar-refractivity contribution is -0.138. The Balaban J connectivity index is 2.06. The van der Waals surface area contributed by atoms with Gasteiger partial charge in [-0.3, -0.25) is 4.79 Å². The van der Waals surface area contributed by atoms with Crippen LogP contribution >= 0.6 is 11.8 Å². The third-order valence-corrected chi connectivity index (χ3v) is 5.49. The molecule has 0 aromatic heterocycles. The molecule has 1 saturated heterocycles. The summed E-state index contributed by atoms with van der Waals surface area (Å²) >= 11 is 1.57. The molecule has 1 amide bonds. The second kappa shape index (κ2) is 6.73. The van der Waals surface area contributed by atoms with Crippen LogP contribution in [0.3, 0.4) is 0 Å². The van der Waals surface area contributed by atoms with Gasteiger partial charge in [0, 0.05) is 29.5 Å². The molecule has 3 rings (SSSR count). The molecular weight excluding hydrogens is 324 g/mol. The van der Waals surface area contributed by atoms with Crippen molar-refractivity contribution in [3.05, 3.63) is 57.8 Å². The highest BCUT2D eigenvalue weighted by molar-refractivity contribution is 8.03. The zero-order valence-electron chi connectivity index (χ0n) is 13.7. The maximum atomic E-state index is 12.6. The fourth-order valence-electron chi connectivity index (χ4n) is 3.10. The number of rotatable bonds is 4. The van der Waals surface area contributed by atoms with E-state index in [-0.39, 0.29) is 11.9 Å². The van der Waals surface area contributed by atoms with Gasteiger partial charge in [-0.1, -0.05) is 30.3 Å². The van der Waals surface area contributed by atoms with Crippen LogP contribution in [0.5, 0.6) is 0 Å². The lowest BCUT2D eigenvalue weighted by atomic mass is 9.93. The summed E-state index contributed by atoms with van der Waals surface area (Å²) in [4.78, 5) is 26.2. The molecule has 0 radical (unpaired) electrons. The predicted octanol–water partition coefficient (Wildman–Crippen LogP) is 2.37. The number of benzene rings is 1. The summed E-state index contributed by atoms with van der Waals surface area (Å²) in [5.74, 6) is -0.125. The van der Waals surface area contributed by atoms with Crippen LogP contribution < -0.4 is 5.73 Å². The van der Waals surface area contributed by atoms with Crippen LogP contribution in [0, 0.1) is 0 Å². The molecule has 2 aliphatic heterocycles. The van der Waals surface area contributed by atoms with E-state index in [2.05, 4.69) is 4.90 Å². The first-order valence-electron chi connectivity index (χ1n) is 7.90. The summed E-state index contributed by atoms with van der Waals surface area (Å²) in [6, 6.07) is 9.91. The van der Waals surface area contributed by atoms with Crippen LogP contribution in [0.1, 0.15) is 25.3 Å². The van der Waals surface area contributed by atoms with Gasteiger partial charge in [0.25, 0.3) is 0 Å². The normalized spacial score (nSPS) is 21.8. The van der Waals surface area contributed by atoms with Gasteiger partial charge in [0.1, 0.15) is 0 Å². The number of nitrogens with zero attached hydrogens (tertiary/aromatic N) is 1. The minimum absolute atomic E-state index is 0.0660. The number of thioether (sulfide) groups is 1. The fourth-order valence-corrected chi connectivity index (χ4v) is 4.47. The van der Waals surface area contributed by atoms with Gasteiger partial charge in [0.15, 0.2) is 0 Å². The van der Waals surface area contributed by atoms with Crippen molar-refractivity contribution in [2.45, 2.75) is 19.8 Å². The quantitative estimate of drug-likeness (QED) is 0.670. The number of esters is 1. The standard InChI is InChI=1S/C18H20N2O3S/c1-3-23-18(22)15-13(12-7-5-4-6-8-12)9-20-14(10-24-17(15)20)11(2)16(19)21/h4-8,13H,3,9-10H2,1-2H3,(H2,19,21). The van der Waals surface area contributed by atoms with E-state index in [1.807, 2.05) is 30.3 Å². The zero-order valence-corrected chi connectivity index (χ0v) is 14.6. The molecule has 2 aliphatic rings. The number of hydrogen-bond donors (Lipinski definition) is 1. The Morgan fingerprint density at radius 1 is 1.33 bits per heavy atom. The van der Waals surface area contributed by atoms with Crippen molar-refractivity contribution in [3.63, 3.8) is 0 Å². The van der Waals surface area contributed by atoms with Gasteiger partial charge in [-0.25, -0.2) is 4.79 Å². The van der Waals surface area contributed by atoms with Gasteiger partial charge >= 0.3 is 5.97 Å². The predicted molar refractivity (Wildman–Crippen MR) is 93.9 cm³/mol. The molecule has 24 heavy (non-hydrogen) atoms. The Hall–Kier alpha value is -2.21. The Morgan fingerprint density at radius 2 is 2.04 bits per heavy atom. The number of carbonyl (C=O) groups excluding carboxylic acids is 2. The zero-order chi connectivity index (χ0) is 17.3. The molecule has 1 fully saturated rings. The molecule has 5 nitrogen and oxygen atoms in total. The van der Waals surface area contributed by atoms with E-state index >= 15 is 0 Å². The van der Waals surface area contributed by atoms with Crippen molar-refractivity contribution in [1.82, 2.24) is 4.90 Å².